The van der Waals surface area contributed by atoms with Crippen LogP contribution in [0, 0.1) is 5.92 Å². The van der Waals surface area contributed by atoms with Crippen molar-refractivity contribution in [3.8, 4) is 0 Å². The number of rotatable bonds is 7. The summed E-state index contributed by atoms with van der Waals surface area (Å²) in [5.41, 5.74) is 1.16. The van der Waals surface area contributed by atoms with Crippen LogP contribution in [0.15, 0.2) is 6.07 Å². The summed E-state index contributed by atoms with van der Waals surface area (Å²) < 4.78 is 1.60. The first kappa shape index (κ1) is 15.3. The monoisotopic (exact) mass is 293 g/mol. The van der Waals surface area contributed by atoms with Crippen LogP contribution in [-0.2, 0) is 0 Å². The fourth-order valence-corrected chi connectivity index (χ4v) is 3.36. The van der Waals surface area contributed by atoms with Gasteiger partial charge in [0.05, 0.1) is 8.67 Å². The van der Waals surface area contributed by atoms with Crippen LogP contribution < -0.4 is 5.32 Å². The van der Waals surface area contributed by atoms with Crippen LogP contribution in [0.5, 0.6) is 0 Å². The molecule has 0 aromatic carbocycles. The fraction of sp³-hybridized carbons (Fsp3) is 0.692. The van der Waals surface area contributed by atoms with Crippen LogP contribution in [0.1, 0.15) is 51.6 Å². The fourth-order valence-electron chi connectivity index (χ4n) is 1.78. The van der Waals surface area contributed by atoms with Crippen molar-refractivity contribution in [1.29, 1.82) is 0 Å². The Labute approximate surface area is 119 Å². The zero-order chi connectivity index (χ0) is 12.8. The van der Waals surface area contributed by atoms with Gasteiger partial charge in [0.15, 0.2) is 0 Å². The third-order valence-corrected chi connectivity index (χ3v) is 4.25. The Morgan fingerprint density at radius 3 is 2.47 bits per heavy atom. The van der Waals surface area contributed by atoms with Gasteiger partial charge in [-0.15, -0.1) is 11.3 Å². The van der Waals surface area contributed by atoms with Crippen molar-refractivity contribution in [1.82, 2.24) is 5.32 Å². The quantitative estimate of drug-likeness (QED) is 0.697. The van der Waals surface area contributed by atoms with Crippen LogP contribution in [0.25, 0.3) is 0 Å². The second-order valence-corrected chi connectivity index (χ2v) is 7.04. The summed E-state index contributed by atoms with van der Waals surface area (Å²) in [7, 11) is 0. The second kappa shape index (κ2) is 7.63. The zero-order valence-electron chi connectivity index (χ0n) is 10.7. The maximum absolute atomic E-state index is 6.23. The van der Waals surface area contributed by atoms with E-state index in [9.17, 15) is 0 Å². The molecule has 0 amide bonds. The summed E-state index contributed by atoms with van der Waals surface area (Å²) in [4.78, 5) is 0. The SMILES string of the molecule is CCCNC(CCC(C)C)c1cc(Cl)sc1Cl. The van der Waals surface area contributed by atoms with Crippen molar-refractivity contribution in [3.05, 3.63) is 20.3 Å². The van der Waals surface area contributed by atoms with Crippen molar-refractivity contribution in [2.24, 2.45) is 5.92 Å². The average molecular weight is 294 g/mol. The molecule has 0 aliphatic rings. The van der Waals surface area contributed by atoms with Gasteiger partial charge in [0.25, 0.3) is 0 Å². The van der Waals surface area contributed by atoms with E-state index in [4.69, 9.17) is 23.2 Å². The minimum Gasteiger partial charge on any atom is -0.310 e. The molecular formula is C13H21Cl2NS. The van der Waals surface area contributed by atoms with Gasteiger partial charge in [0.1, 0.15) is 0 Å². The Bertz CT molecular complexity index is 336. The van der Waals surface area contributed by atoms with Crippen LogP contribution in [0.3, 0.4) is 0 Å². The molecule has 0 aliphatic carbocycles. The molecule has 1 unspecified atom stereocenters. The Morgan fingerprint density at radius 2 is 2.00 bits per heavy atom. The minimum absolute atomic E-state index is 0.341. The average Bonchev–Trinajstić information content (AvgIpc) is 2.58. The lowest BCUT2D eigenvalue weighted by atomic mass is 9.99. The van der Waals surface area contributed by atoms with Crippen molar-refractivity contribution in [3.63, 3.8) is 0 Å². The first-order valence-electron chi connectivity index (χ1n) is 6.22. The molecule has 17 heavy (non-hydrogen) atoms. The summed E-state index contributed by atoms with van der Waals surface area (Å²) >= 11 is 13.7. The third-order valence-electron chi connectivity index (χ3n) is 2.73. The van der Waals surface area contributed by atoms with Crippen molar-refractivity contribution in [2.75, 3.05) is 6.54 Å². The van der Waals surface area contributed by atoms with Gasteiger partial charge in [-0.2, -0.15) is 0 Å². The summed E-state index contributed by atoms with van der Waals surface area (Å²) in [6.45, 7) is 7.69. The molecule has 0 radical (unpaired) electrons. The molecule has 1 N–H and O–H groups in total. The smallest absolute Gasteiger partial charge is 0.0991 e. The number of hydrogen-bond acceptors (Lipinski definition) is 2. The Morgan fingerprint density at radius 1 is 1.29 bits per heavy atom. The Hall–Kier alpha value is 0.240. The molecule has 0 spiro atoms. The van der Waals surface area contributed by atoms with E-state index in [0.717, 1.165) is 33.6 Å². The lowest BCUT2D eigenvalue weighted by Gasteiger charge is -2.19. The van der Waals surface area contributed by atoms with Crippen LogP contribution in [0.2, 0.25) is 8.67 Å². The molecule has 98 valence electrons. The molecule has 1 aromatic heterocycles. The maximum Gasteiger partial charge on any atom is 0.0991 e. The van der Waals surface area contributed by atoms with Gasteiger partial charge in [0, 0.05) is 11.6 Å². The molecular weight excluding hydrogens is 273 g/mol. The molecule has 0 aliphatic heterocycles. The van der Waals surface area contributed by atoms with E-state index in [2.05, 4.69) is 26.1 Å². The van der Waals surface area contributed by atoms with Gasteiger partial charge in [-0.3, -0.25) is 0 Å². The molecule has 1 nitrogen and oxygen atoms in total. The van der Waals surface area contributed by atoms with Gasteiger partial charge in [-0.1, -0.05) is 44.0 Å². The van der Waals surface area contributed by atoms with Crippen LogP contribution in [0.4, 0.5) is 0 Å². The normalized spacial score (nSPS) is 13.3. The van der Waals surface area contributed by atoms with Gasteiger partial charge in [-0.05, 0) is 37.8 Å². The molecule has 0 saturated heterocycles. The van der Waals surface area contributed by atoms with Gasteiger partial charge < -0.3 is 5.32 Å². The molecule has 1 rings (SSSR count). The highest BCUT2D eigenvalue weighted by molar-refractivity contribution is 7.20. The van der Waals surface area contributed by atoms with Crippen molar-refractivity contribution >= 4 is 34.5 Å². The molecule has 0 fully saturated rings. The minimum atomic E-state index is 0.341. The van der Waals surface area contributed by atoms with E-state index in [1.54, 1.807) is 0 Å². The van der Waals surface area contributed by atoms with E-state index < -0.39 is 0 Å². The topological polar surface area (TPSA) is 12.0 Å². The molecule has 0 saturated carbocycles. The summed E-state index contributed by atoms with van der Waals surface area (Å²) in [5.74, 6) is 0.716. The van der Waals surface area contributed by atoms with Gasteiger partial charge >= 0.3 is 0 Å². The Balaban J connectivity index is 2.70. The predicted octanol–water partition coefficient (Wildman–Crippen LogP) is 5.53. The van der Waals surface area contributed by atoms with Gasteiger partial charge in [-0.25, -0.2) is 0 Å². The molecule has 1 atom stereocenters. The number of nitrogens with one attached hydrogen (secondary N) is 1. The summed E-state index contributed by atoms with van der Waals surface area (Å²) in [6, 6.07) is 2.34. The predicted molar refractivity (Wildman–Crippen MR) is 79.4 cm³/mol. The molecule has 4 heteroatoms. The van der Waals surface area contributed by atoms with Gasteiger partial charge in [0.2, 0.25) is 0 Å². The van der Waals surface area contributed by atoms with E-state index in [1.807, 2.05) is 6.07 Å². The van der Waals surface area contributed by atoms with Crippen molar-refractivity contribution in [2.45, 2.75) is 46.1 Å². The summed E-state index contributed by atoms with van der Waals surface area (Å²) in [5, 5.41) is 3.56. The number of halogens is 2. The summed E-state index contributed by atoms with van der Waals surface area (Å²) in [6.07, 6.45) is 3.45. The maximum atomic E-state index is 6.23. The lowest BCUT2D eigenvalue weighted by Crippen LogP contribution is -2.22. The largest absolute Gasteiger partial charge is 0.310 e. The van der Waals surface area contributed by atoms with Crippen LogP contribution in [-0.4, -0.2) is 6.54 Å². The van der Waals surface area contributed by atoms with E-state index >= 15 is 0 Å². The first-order chi connectivity index (χ1) is 8.04. The second-order valence-electron chi connectivity index (χ2n) is 4.76. The molecule has 0 bridgehead atoms. The number of thiophene rings is 1. The standard InChI is InChI=1S/C13H21Cl2NS/c1-4-7-16-11(6-5-9(2)3)10-8-12(14)17-13(10)15/h8-9,11,16H,4-7H2,1-3H3. The van der Waals surface area contributed by atoms with E-state index in [0.29, 0.717) is 12.0 Å². The zero-order valence-corrected chi connectivity index (χ0v) is 13.1. The number of hydrogen-bond donors (Lipinski definition) is 1. The highest BCUT2D eigenvalue weighted by Crippen LogP contribution is 2.36. The Kier molecular flexibility index (Phi) is 6.86. The third kappa shape index (κ3) is 5.17. The molecule has 1 aromatic rings. The highest BCUT2D eigenvalue weighted by Gasteiger charge is 2.17. The van der Waals surface area contributed by atoms with Crippen LogP contribution >= 0.6 is 34.5 Å². The van der Waals surface area contributed by atoms with E-state index in [-0.39, 0.29) is 0 Å². The highest BCUT2D eigenvalue weighted by atomic mass is 35.5. The molecule has 1 heterocycles. The van der Waals surface area contributed by atoms with Crippen molar-refractivity contribution < 1.29 is 0 Å². The first-order valence-corrected chi connectivity index (χ1v) is 7.80. The lowest BCUT2D eigenvalue weighted by molar-refractivity contribution is 0.441. The van der Waals surface area contributed by atoms with E-state index in [1.165, 1.54) is 17.8 Å².